The van der Waals surface area contributed by atoms with Crippen molar-refractivity contribution in [3.05, 3.63) is 0 Å². The highest BCUT2D eigenvalue weighted by atomic mass is 16.5. The summed E-state index contributed by atoms with van der Waals surface area (Å²) in [5.41, 5.74) is 0.126. The van der Waals surface area contributed by atoms with E-state index in [1.807, 2.05) is 0 Å². The highest BCUT2D eigenvalue weighted by molar-refractivity contribution is 5.03. The van der Waals surface area contributed by atoms with Crippen LogP contribution in [0.15, 0.2) is 0 Å². The fourth-order valence-corrected chi connectivity index (χ4v) is 5.62. The smallest absolute Gasteiger partial charge is 0.0900 e. The molecule has 0 unspecified atom stereocenters. The first-order chi connectivity index (χ1) is 10.2. The standard InChI is InChI=1S/C17H29NO3/c19-16(11-18-1-3-20-4-2-18)12-21-17-8-13-5-14(9-17)7-15(6-13)10-17/h13-16,19H,1-12H2/t13?,14?,15?,16-,17?/m1/s1. The third kappa shape index (κ3) is 3.14. The van der Waals surface area contributed by atoms with Crippen LogP contribution in [0, 0.1) is 17.8 Å². The van der Waals surface area contributed by atoms with Crippen LogP contribution in [0.1, 0.15) is 38.5 Å². The summed E-state index contributed by atoms with van der Waals surface area (Å²) >= 11 is 0. The zero-order chi connectivity index (χ0) is 14.3. The maximum Gasteiger partial charge on any atom is 0.0900 e. The summed E-state index contributed by atoms with van der Waals surface area (Å²) in [4.78, 5) is 2.29. The molecule has 5 rings (SSSR count). The monoisotopic (exact) mass is 295 g/mol. The van der Waals surface area contributed by atoms with E-state index in [-0.39, 0.29) is 11.7 Å². The molecule has 1 aliphatic heterocycles. The van der Waals surface area contributed by atoms with E-state index in [1.54, 1.807) is 0 Å². The number of hydrogen-bond acceptors (Lipinski definition) is 4. The lowest BCUT2D eigenvalue weighted by Gasteiger charge is -2.56. The minimum absolute atomic E-state index is 0.126. The quantitative estimate of drug-likeness (QED) is 0.838. The van der Waals surface area contributed by atoms with Crippen molar-refractivity contribution < 1.29 is 14.6 Å². The third-order valence-electron chi connectivity index (χ3n) is 6.14. The lowest BCUT2D eigenvalue weighted by atomic mass is 9.54. The average molecular weight is 295 g/mol. The number of aliphatic hydroxyl groups is 1. The molecule has 5 aliphatic rings. The Labute approximate surface area is 127 Å². The minimum Gasteiger partial charge on any atom is -0.389 e. The molecule has 1 atom stereocenters. The molecule has 0 aromatic carbocycles. The summed E-state index contributed by atoms with van der Waals surface area (Å²) in [6.07, 6.45) is 7.74. The van der Waals surface area contributed by atoms with Gasteiger partial charge in [0.05, 0.1) is 31.5 Å². The molecular weight excluding hydrogens is 266 g/mol. The van der Waals surface area contributed by atoms with Crippen LogP contribution >= 0.6 is 0 Å². The molecule has 0 amide bonds. The van der Waals surface area contributed by atoms with E-state index in [2.05, 4.69) is 4.90 Å². The second-order valence-electron chi connectivity index (χ2n) is 7.98. The van der Waals surface area contributed by atoms with Gasteiger partial charge in [-0.05, 0) is 56.3 Å². The Morgan fingerprint density at radius 1 is 1.05 bits per heavy atom. The summed E-state index contributed by atoms with van der Waals surface area (Å²) in [5, 5.41) is 10.3. The molecule has 5 fully saturated rings. The van der Waals surface area contributed by atoms with E-state index < -0.39 is 0 Å². The molecular formula is C17H29NO3. The van der Waals surface area contributed by atoms with E-state index in [1.165, 1.54) is 38.5 Å². The molecule has 0 aromatic rings. The third-order valence-corrected chi connectivity index (χ3v) is 6.14. The van der Waals surface area contributed by atoms with Crippen LogP contribution in [0.4, 0.5) is 0 Å². The highest BCUT2D eigenvalue weighted by Crippen LogP contribution is 2.57. The summed E-state index contributed by atoms with van der Waals surface area (Å²) in [7, 11) is 0. The lowest BCUT2D eigenvalue weighted by Crippen LogP contribution is -2.53. The molecule has 0 aromatic heterocycles. The topological polar surface area (TPSA) is 41.9 Å². The van der Waals surface area contributed by atoms with E-state index >= 15 is 0 Å². The maximum absolute atomic E-state index is 10.3. The van der Waals surface area contributed by atoms with Gasteiger partial charge in [-0.25, -0.2) is 0 Å². The molecule has 4 bridgehead atoms. The van der Waals surface area contributed by atoms with Gasteiger partial charge in [0, 0.05) is 19.6 Å². The lowest BCUT2D eigenvalue weighted by molar-refractivity contribution is -0.176. The second kappa shape index (κ2) is 5.80. The van der Waals surface area contributed by atoms with Gasteiger partial charge in [-0.1, -0.05) is 0 Å². The summed E-state index contributed by atoms with van der Waals surface area (Å²) in [5.74, 6) is 2.73. The molecule has 120 valence electrons. The van der Waals surface area contributed by atoms with Crippen molar-refractivity contribution in [2.75, 3.05) is 39.5 Å². The Balaban J connectivity index is 1.28. The number of hydrogen-bond donors (Lipinski definition) is 1. The first-order valence-electron chi connectivity index (χ1n) is 8.83. The Morgan fingerprint density at radius 2 is 1.62 bits per heavy atom. The van der Waals surface area contributed by atoms with Crippen molar-refractivity contribution in [2.45, 2.75) is 50.2 Å². The summed E-state index contributed by atoms with van der Waals surface area (Å²) in [6.45, 7) is 4.72. The first kappa shape index (κ1) is 14.4. The van der Waals surface area contributed by atoms with Gasteiger partial charge in [0.2, 0.25) is 0 Å². The van der Waals surface area contributed by atoms with Gasteiger partial charge in [-0.2, -0.15) is 0 Å². The van der Waals surface area contributed by atoms with Gasteiger partial charge < -0.3 is 14.6 Å². The van der Waals surface area contributed by atoms with Crippen molar-refractivity contribution in [3.8, 4) is 0 Å². The predicted molar refractivity (Wildman–Crippen MR) is 80.1 cm³/mol. The van der Waals surface area contributed by atoms with Crippen molar-refractivity contribution >= 4 is 0 Å². The fourth-order valence-electron chi connectivity index (χ4n) is 5.62. The van der Waals surface area contributed by atoms with E-state index in [0.29, 0.717) is 6.61 Å². The van der Waals surface area contributed by atoms with Gasteiger partial charge in [0.15, 0.2) is 0 Å². The Hall–Kier alpha value is -0.160. The predicted octanol–water partition coefficient (Wildman–Crippen LogP) is 1.66. The van der Waals surface area contributed by atoms with Crippen LogP contribution < -0.4 is 0 Å². The SMILES string of the molecule is O[C@@H](COC12CC3CC(CC(C3)C1)C2)CN1CCOCC1. The van der Waals surface area contributed by atoms with Crippen LogP contribution in [-0.4, -0.2) is 61.2 Å². The number of nitrogens with zero attached hydrogens (tertiary/aromatic N) is 1. The minimum atomic E-state index is -0.351. The van der Waals surface area contributed by atoms with Gasteiger partial charge in [0.1, 0.15) is 0 Å². The van der Waals surface area contributed by atoms with Gasteiger partial charge in [0.25, 0.3) is 0 Å². The molecule has 0 radical (unpaired) electrons. The molecule has 4 heteroatoms. The molecule has 0 spiro atoms. The van der Waals surface area contributed by atoms with Crippen molar-refractivity contribution in [1.82, 2.24) is 4.90 Å². The fraction of sp³-hybridized carbons (Fsp3) is 1.00. The normalized spacial score (nSPS) is 44.1. The van der Waals surface area contributed by atoms with Crippen molar-refractivity contribution in [1.29, 1.82) is 0 Å². The number of β-amino-alcohol motifs (C(OH)–C–C–N with tert-alkyl or cyclic N) is 1. The Kier molecular flexibility index (Phi) is 3.99. The van der Waals surface area contributed by atoms with Crippen LogP contribution in [0.5, 0.6) is 0 Å². The van der Waals surface area contributed by atoms with Crippen LogP contribution in [0.25, 0.3) is 0 Å². The molecule has 21 heavy (non-hydrogen) atoms. The zero-order valence-electron chi connectivity index (χ0n) is 13.0. The number of ether oxygens (including phenoxy) is 2. The molecule has 4 nitrogen and oxygen atoms in total. The summed E-state index contributed by atoms with van der Waals surface area (Å²) < 4.78 is 11.7. The number of rotatable bonds is 5. The first-order valence-corrected chi connectivity index (χ1v) is 8.83. The van der Waals surface area contributed by atoms with Crippen LogP contribution in [0.2, 0.25) is 0 Å². The molecule has 1 heterocycles. The molecule has 4 saturated carbocycles. The van der Waals surface area contributed by atoms with E-state index in [4.69, 9.17) is 9.47 Å². The molecule has 4 aliphatic carbocycles. The zero-order valence-corrected chi connectivity index (χ0v) is 13.0. The average Bonchev–Trinajstić information content (AvgIpc) is 2.45. The highest BCUT2D eigenvalue weighted by Gasteiger charge is 2.51. The summed E-state index contributed by atoms with van der Waals surface area (Å²) in [6, 6.07) is 0. The number of aliphatic hydroxyl groups excluding tert-OH is 1. The van der Waals surface area contributed by atoms with E-state index in [0.717, 1.165) is 50.6 Å². The molecule has 1 N–H and O–H groups in total. The van der Waals surface area contributed by atoms with Crippen LogP contribution in [0.3, 0.4) is 0 Å². The largest absolute Gasteiger partial charge is 0.389 e. The molecule has 1 saturated heterocycles. The van der Waals surface area contributed by atoms with Crippen molar-refractivity contribution in [3.63, 3.8) is 0 Å². The van der Waals surface area contributed by atoms with E-state index in [9.17, 15) is 5.11 Å². The van der Waals surface area contributed by atoms with Gasteiger partial charge >= 0.3 is 0 Å². The Bertz CT molecular complexity index is 332. The van der Waals surface area contributed by atoms with Crippen LogP contribution in [-0.2, 0) is 9.47 Å². The van der Waals surface area contributed by atoms with Gasteiger partial charge in [-0.15, -0.1) is 0 Å². The second-order valence-corrected chi connectivity index (χ2v) is 7.98. The van der Waals surface area contributed by atoms with Gasteiger partial charge in [-0.3, -0.25) is 4.90 Å². The maximum atomic E-state index is 10.3. The Morgan fingerprint density at radius 3 is 2.19 bits per heavy atom. The number of morpholine rings is 1. The van der Waals surface area contributed by atoms with Crippen molar-refractivity contribution in [2.24, 2.45) is 17.8 Å².